The van der Waals surface area contributed by atoms with Crippen LogP contribution in [0.25, 0.3) is 55.3 Å². The van der Waals surface area contributed by atoms with Crippen LogP contribution in [-0.2, 0) is 10.8 Å². The minimum Gasteiger partial charge on any atom is -0.456 e. The Bertz CT molecular complexity index is 3630. The maximum Gasteiger partial charge on any atom is 0.143 e. The Morgan fingerprint density at radius 1 is 0.373 bits per heavy atom. The fraction of sp³-hybridized carbons (Fsp3) is 0.0625. The average molecular weight is 860 g/mol. The molecule has 0 atom stereocenters. The van der Waals surface area contributed by atoms with Gasteiger partial charge in [-0.25, -0.2) is 0 Å². The molecule has 3 heteroatoms. The number of benzene rings is 10. The van der Waals surface area contributed by atoms with Gasteiger partial charge in [0.1, 0.15) is 22.7 Å². The Morgan fingerprint density at radius 3 is 1.61 bits per heavy atom. The Labute approximate surface area is 390 Å². The molecule has 0 unspecified atom stereocenters. The van der Waals surface area contributed by atoms with Gasteiger partial charge in [0.05, 0.1) is 10.8 Å². The summed E-state index contributed by atoms with van der Waals surface area (Å²) in [7, 11) is 0. The lowest BCUT2D eigenvalue weighted by Gasteiger charge is -2.35. The van der Waals surface area contributed by atoms with Crippen LogP contribution in [0.1, 0.15) is 47.2 Å². The summed E-state index contributed by atoms with van der Waals surface area (Å²) >= 11 is 0. The summed E-state index contributed by atoms with van der Waals surface area (Å²) in [6.45, 7) is 4.58. The molecule has 0 saturated carbocycles. The minimum absolute atomic E-state index is 0.274. The zero-order chi connectivity index (χ0) is 44.7. The molecule has 3 nitrogen and oxygen atoms in total. The zero-order valence-corrected chi connectivity index (χ0v) is 37.3. The molecule has 318 valence electrons. The van der Waals surface area contributed by atoms with Crippen molar-refractivity contribution in [2.45, 2.75) is 24.7 Å². The van der Waals surface area contributed by atoms with E-state index >= 15 is 0 Å². The summed E-state index contributed by atoms with van der Waals surface area (Å²) in [5, 5.41) is 2.09. The van der Waals surface area contributed by atoms with Crippen LogP contribution in [0.4, 0.5) is 17.1 Å². The van der Waals surface area contributed by atoms with Crippen molar-refractivity contribution in [1.82, 2.24) is 0 Å². The van der Waals surface area contributed by atoms with Crippen molar-refractivity contribution in [3.63, 3.8) is 0 Å². The maximum absolute atomic E-state index is 6.95. The number of hydrogen-bond donors (Lipinski definition) is 0. The second kappa shape index (κ2) is 15.1. The highest BCUT2D eigenvalue weighted by atomic mass is 16.5. The van der Waals surface area contributed by atoms with E-state index in [0.717, 1.165) is 67.2 Å². The third-order valence-electron chi connectivity index (χ3n) is 14.4. The first-order chi connectivity index (χ1) is 33.0. The summed E-state index contributed by atoms with van der Waals surface area (Å²) in [6.07, 6.45) is 0. The number of rotatable bonds is 7. The first-order valence-electron chi connectivity index (χ1n) is 23.2. The highest BCUT2D eigenvalue weighted by molar-refractivity contribution is 6.09. The molecule has 0 radical (unpaired) electrons. The lowest BCUT2D eigenvalue weighted by atomic mass is 9.67. The van der Waals surface area contributed by atoms with Crippen molar-refractivity contribution < 1.29 is 9.15 Å². The summed E-state index contributed by atoms with van der Waals surface area (Å²) in [5.74, 6) is 1.75. The van der Waals surface area contributed by atoms with Gasteiger partial charge in [-0.1, -0.05) is 196 Å². The molecule has 2 aliphatic rings. The van der Waals surface area contributed by atoms with Gasteiger partial charge in [-0.2, -0.15) is 0 Å². The van der Waals surface area contributed by atoms with Crippen molar-refractivity contribution in [2.75, 3.05) is 4.90 Å². The van der Waals surface area contributed by atoms with Crippen LogP contribution in [0.2, 0.25) is 0 Å². The number of nitrogens with zero attached hydrogens (tertiary/aromatic N) is 1. The monoisotopic (exact) mass is 859 g/mol. The van der Waals surface area contributed by atoms with Gasteiger partial charge in [-0.15, -0.1) is 0 Å². The van der Waals surface area contributed by atoms with Crippen LogP contribution in [0.15, 0.2) is 241 Å². The molecule has 10 aromatic carbocycles. The van der Waals surface area contributed by atoms with Crippen LogP contribution in [-0.4, -0.2) is 0 Å². The standard InChI is InChI=1S/C64H45NO2/c1-63(2)55-37-30-45(40-60(55)67-62-56(63)38-39-59-61(62)53-23-13-15-25-58(53)66-59)44-28-33-49(34-29-44)65(48-31-26-43(27-32-48)42-16-6-3-7-17-42)50-35-36-52-51-22-12-14-24-54(51)64(57(52)41-50,46-18-8-4-9-19-46)47-20-10-5-11-21-47/h3-41H,1-2H3. The van der Waals surface area contributed by atoms with E-state index in [4.69, 9.17) is 9.15 Å². The van der Waals surface area contributed by atoms with Gasteiger partial charge >= 0.3 is 0 Å². The van der Waals surface area contributed by atoms with E-state index in [1.54, 1.807) is 0 Å². The van der Waals surface area contributed by atoms with Crippen LogP contribution >= 0.6 is 0 Å². The highest BCUT2D eigenvalue weighted by Gasteiger charge is 2.46. The predicted molar refractivity (Wildman–Crippen MR) is 275 cm³/mol. The molecule has 11 aromatic rings. The van der Waals surface area contributed by atoms with Gasteiger partial charge < -0.3 is 14.1 Å². The molecule has 0 saturated heterocycles. The predicted octanol–water partition coefficient (Wildman–Crippen LogP) is 17.2. The van der Waals surface area contributed by atoms with Crippen molar-refractivity contribution in [2.24, 2.45) is 0 Å². The molecular formula is C64H45NO2. The van der Waals surface area contributed by atoms with Crippen LogP contribution in [0.5, 0.6) is 11.5 Å². The second-order valence-corrected chi connectivity index (χ2v) is 18.4. The summed E-state index contributed by atoms with van der Waals surface area (Å²) in [4.78, 5) is 2.40. The van der Waals surface area contributed by atoms with Crippen molar-refractivity contribution in [3.8, 4) is 44.9 Å². The highest BCUT2D eigenvalue weighted by Crippen LogP contribution is 2.58. The van der Waals surface area contributed by atoms with Gasteiger partial charge in [-0.05, 0) is 110 Å². The lowest BCUT2D eigenvalue weighted by Crippen LogP contribution is -2.28. The fourth-order valence-corrected chi connectivity index (χ4v) is 11.2. The third kappa shape index (κ3) is 5.98. The largest absolute Gasteiger partial charge is 0.456 e. The third-order valence-corrected chi connectivity index (χ3v) is 14.4. The molecule has 0 bridgehead atoms. The smallest absolute Gasteiger partial charge is 0.143 e. The van der Waals surface area contributed by atoms with Gasteiger partial charge in [0.15, 0.2) is 0 Å². The SMILES string of the molecule is CC1(C)c2ccc(-c3ccc(N(c4ccc(-c5ccccc5)cc4)c4ccc5c(c4)C(c4ccccc4)(c4ccccc4)c4ccccc4-5)cc3)cc2Oc2c1ccc1oc3ccccc3c21. The Morgan fingerprint density at radius 2 is 0.910 bits per heavy atom. The van der Waals surface area contributed by atoms with E-state index in [1.807, 2.05) is 12.1 Å². The second-order valence-electron chi connectivity index (χ2n) is 18.4. The first kappa shape index (κ1) is 39.0. The van der Waals surface area contributed by atoms with Crippen LogP contribution in [0, 0.1) is 0 Å². The summed E-state index contributed by atoms with van der Waals surface area (Å²) < 4.78 is 13.2. The molecule has 1 aliphatic carbocycles. The molecule has 0 N–H and O–H groups in total. The van der Waals surface area contributed by atoms with E-state index in [2.05, 4.69) is 243 Å². The van der Waals surface area contributed by atoms with Crippen molar-refractivity contribution in [3.05, 3.63) is 270 Å². The van der Waals surface area contributed by atoms with Crippen molar-refractivity contribution in [1.29, 1.82) is 0 Å². The van der Waals surface area contributed by atoms with E-state index < -0.39 is 5.41 Å². The van der Waals surface area contributed by atoms with Gasteiger partial charge in [0, 0.05) is 39.0 Å². The van der Waals surface area contributed by atoms with Crippen LogP contribution in [0.3, 0.4) is 0 Å². The Kier molecular flexibility index (Phi) is 8.78. The molecule has 0 spiro atoms. The number of hydrogen-bond acceptors (Lipinski definition) is 3. The first-order valence-corrected chi connectivity index (χ1v) is 23.2. The topological polar surface area (TPSA) is 25.6 Å². The quantitative estimate of drug-likeness (QED) is 0.160. The molecule has 13 rings (SSSR count). The van der Waals surface area contributed by atoms with E-state index in [0.29, 0.717) is 0 Å². The van der Waals surface area contributed by atoms with Gasteiger partial charge in [-0.3, -0.25) is 0 Å². The summed E-state index contributed by atoms with van der Waals surface area (Å²) in [5.41, 5.74) is 18.6. The Balaban J connectivity index is 0.939. The maximum atomic E-state index is 6.95. The van der Waals surface area contributed by atoms with Gasteiger partial charge in [0.25, 0.3) is 0 Å². The number of fused-ring (bicyclic) bond motifs is 9. The minimum atomic E-state index is -0.517. The fourth-order valence-electron chi connectivity index (χ4n) is 11.2. The molecule has 67 heavy (non-hydrogen) atoms. The molecule has 0 amide bonds. The average Bonchev–Trinajstić information content (AvgIpc) is 3.92. The summed E-state index contributed by atoms with van der Waals surface area (Å²) in [6, 6.07) is 85.8. The number of para-hydroxylation sites is 1. The number of ether oxygens (including phenoxy) is 1. The Hall–Kier alpha value is -8.40. The van der Waals surface area contributed by atoms with Crippen molar-refractivity contribution >= 4 is 39.0 Å². The zero-order valence-electron chi connectivity index (χ0n) is 37.3. The molecule has 0 fully saturated rings. The normalized spacial score (nSPS) is 13.9. The number of furan rings is 1. The molecule has 1 aliphatic heterocycles. The van der Waals surface area contributed by atoms with E-state index in [1.165, 1.54) is 50.1 Å². The molecule has 2 heterocycles. The van der Waals surface area contributed by atoms with E-state index in [-0.39, 0.29) is 5.41 Å². The lowest BCUT2D eigenvalue weighted by molar-refractivity contribution is 0.423. The molecular weight excluding hydrogens is 815 g/mol. The van der Waals surface area contributed by atoms with Crippen LogP contribution < -0.4 is 9.64 Å². The molecule has 1 aromatic heterocycles. The van der Waals surface area contributed by atoms with Gasteiger partial charge in [0.2, 0.25) is 0 Å². The number of anilines is 3. The van der Waals surface area contributed by atoms with E-state index in [9.17, 15) is 0 Å².